The Bertz CT molecular complexity index is 683. The molecule has 0 bridgehead atoms. The first-order valence-corrected chi connectivity index (χ1v) is 11.2. The third-order valence-corrected chi connectivity index (χ3v) is 6.27. The van der Waals surface area contributed by atoms with E-state index in [1.807, 2.05) is 30.3 Å². The Kier molecular flexibility index (Phi) is 9.89. The molecule has 29 heavy (non-hydrogen) atoms. The molecule has 0 aliphatic heterocycles. The van der Waals surface area contributed by atoms with Crippen molar-refractivity contribution in [1.29, 1.82) is 0 Å². The van der Waals surface area contributed by atoms with E-state index in [1.165, 1.54) is 0 Å². The fraction of sp³-hybridized carbons (Fsp3) is 0.583. The fourth-order valence-electron chi connectivity index (χ4n) is 4.14. The number of carboxylic acids is 1. The maximum atomic E-state index is 12.3. The lowest BCUT2D eigenvalue weighted by molar-refractivity contribution is -0.137. The van der Waals surface area contributed by atoms with Crippen molar-refractivity contribution in [1.82, 2.24) is 0 Å². The summed E-state index contributed by atoms with van der Waals surface area (Å²) in [5, 5.41) is 19.1. The zero-order valence-electron chi connectivity index (χ0n) is 17.2. The molecule has 1 aliphatic rings. The summed E-state index contributed by atoms with van der Waals surface area (Å²) in [7, 11) is 0. The van der Waals surface area contributed by atoms with Crippen LogP contribution in [0.25, 0.3) is 0 Å². The van der Waals surface area contributed by atoms with Gasteiger partial charge in [-0.3, -0.25) is 9.59 Å². The second-order valence-corrected chi connectivity index (χ2v) is 8.56. The molecule has 0 heterocycles. The first kappa shape index (κ1) is 23.6. The zero-order valence-corrected chi connectivity index (χ0v) is 18.0. The lowest BCUT2D eigenvalue weighted by Crippen LogP contribution is -2.18. The molecule has 0 saturated heterocycles. The van der Waals surface area contributed by atoms with Crippen LogP contribution in [0.4, 0.5) is 0 Å². The van der Waals surface area contributed by atoms with Crippen LogP contribution in [0.1, 0.15) is 86.6 Å². The molecule has 1 saturated carbocycles. The molecular weight excluding hydrogens is 388 g/mol. The van der Waals surface area contributed by atoms with Gasteiger partial charge in [0.1, 0.15) is 0 Å². The molecule has 1 aromatic rings. The Morgan fingerprint density at radius 2 is 1.83 bits per heavy atom. The van der Waals surface area contributed by atoms with E-state index in [1.54, 1.807) is 0 Å². The topological polar surface area (TPSA) is 74.6 Å². The molecule has 1 aliphatic carbocycles. The first-order chi connectivity index (χ1) is 13.9. The highest BCUT2D eigenvalue weighted by Crippen LogP contribution is 2.44. The Morgan fingerprint density at radius 1 is 1.10 bits per heavy atom. The van der Waals surface area contributed by atoms with Crippen molar-refractivity contribution in [2.24, 2.45) is 5.92 Å². The van der Waals surface area contributed by atoms with Crippen LogP contribution in [0.3, 0.4) is 0 Å². The summed E-state index contributed by atoms with van der Waals surface area (Å²) in [4.78, 5) is 22.8. The van der Waals surface area contributed by atoms with Crippen molar-refractivity contribution in [2.45, 2.75) is 82.1 Å². The second kappa shape index (κ2) is 12.1. The van der Waals surface area contributed by atoms with E-state index >= 15 is 0 Å². The molecule has 3 unspecified atom stereocenters. The Morgan fingerprint density at radius 3 is 2.48 bits per heavy atom. The molecule has 0 amide bonds. The number of aliphatic carboxylic acids is 1. The van der Waals surface area contributed by atoms with Crippen LogP contribution in [0.2, 0.25) is 0 Å². The monoisotopic (exact) mass is 420 g/mol. The number of allylic oxidation sites excluding steroid dienone is 2. The van der Waals surface area contributed by atoms with Gasteiger partial charge in [0.2, 0.25) is 0 Å². The number of aliphatic hydroxyl groups excluding tert-OH is 1. The molecule has 1 aromatic carbocycles. The minimum absolute atomic E-state index is 0.0505. The van der Waals surface area contributed by atoms with Gasteiger partial charge in [-0.25, -0.2) is 0 Å². The maximum absolute atomic E-state index is 12.3. The van der Waals surface area contributed by atoms with Gasteiger partial charge in [0.25, 0.3) is 0 Å². The van der Waals surface area contributed by atoms with Gasteiger partial charge < -0.3 is 10.2 Å². The Hall–Kier alpha value is -1.65. The number of hydrogen-bond donors (Lipinski definition) is 2. The highest BCUT2D eigenvalue weighted by molar-refractivity contribution is 6.21. The van der Waals surface area contributed by atoms with Gasteiger partial charge in [-0.1, -0.05) is 56.2 Å². The number of unbranched alkanes of at least 4 members (excludes halogenated alkanes) is 3. The highest BCUT2D eigenvalue weighted by Gasteiger charge is 2.41. The molecule has 2 N–H and O–H groups in total. The zero-order chi connectivity index (χ0) is 21.2. The standard InChI is InChI=1S/C24H33ClO4/c1-2-3-6-10-21(26)17-12-14-18(15-13-17)24-19(20(25)16-22(24)27)9-7-4-5-8-11-23(28)29/h4,7,12-15,19-20,22,24,27H,2-3,5-6,8-11,16H2,1H3,(H,28,29)/b7-4-/t19?,20?,22-,24?/m1/s1. The number of carbonyl (C=O) groups excluding carboxylic acids is 1. The summed E-state index contributed by atoms with van der Waals surface area (Å²) < 4.78 is 0. The van der Waals surface area contributed by atoms with Crippen LogP contribution in [-0.4, -0.2) is 33.4 Å². The minimum atomic E-state index is -0.773. The number of Topliss-reactive ketones (excluding diaryl/α,β-unsaturated/α-hetero) is 1. The number of ketones is 1. The van der Waals surface area contributed by atoms with Crippen molar-refractivity contribution < 1.29 is 19.8 Å². The molecule has 4 atom stereocenters. The van der Waals surface area contributed by atoms with Gasteiger partial charge in [-0.2, -0.15) is 0 Å². The van der Waals surface area contributed by atoms with E-state index in [-0.39, 0.29) is 29.4 Å². The van der Waals surface area contributed by atoms with Crippen LogP contribution in [-0.2, 0) is 4.79 Å². The predicted octanol–water partition coefficient (Wildman–Crippen LogP) is 5.72. The van der Waals surface area contributed by atoms with Crippen LogP contribution in [0, 0.1) is 5.92 Å². The Labute approximate surface area is 179 Å². The minimum Gasteiger partial charge on any atom is -0.481 e. The normalized spacial score (nSPS) is 24.2. The van der Waals surface area contributed by atoms with Crippen molar-refractivity contribution in [3.63, 3.8) is 0 Å². The van der Waals surface area contributed by atoms with Gasteiger partial charge in [0.05, 0.1) is 6.10 Å². The lowest BCUT2D eigenvalue weighted by atomic mass is 9.85. The summed E-state index contributed by atoms with van der Waals surface area (Å²) >= 11 is 6.53. The van der Waals surface area contributed by atoms with E-state index in [4.69, 9.17) is 16.7 Å². The smallest absolute Gasteiger partial charge is 0.303 e. The van der Waals surface area contributed by atoms with Crippen molar-refractivity contribution in [3.8, 4) is 0 Å². The number of halogens is 1. The number of benzene rings is 1. The molecule has 0 spiro atoms. The summed E-state index contributed by atoms with van der Waals surface area (Å²) in [6.45, 7) is 2.12. The van der Waals surface area contributed by atoms with Crippen LogP contribution in [0.15, 0.2) is 36.4 Å². The van der Waals surface area contributed by atoms with Gasteiger partial charge >= 0.3 is 5.97 Å². The molecular formula is C24H33ClO4. The Balaban J connectivity index is 1.97. The van der Waals surface area contributed by atoms with Crippen LogP contribution < -0.4 is 0 Å². The average molecular weight is 421 g/mol. The molecule has 0 aromatic heterocycles. The first-order valence-electron chi connectivity index (χ1n) is 10.8. The molecule has 2 rings (SSSR count). The van der Waals surface area contributed by atoms with Crippen molar-refractivity contribution in [3.05, 3.63) is 47.5 Å². The number of aliphatic hydroxyl groups is 1. The largest absolute Gasteiger partial charge is 0.481 e. The average Bonchev–Trinajstić information content (AvgIpc) is 2.97. The van der Waals surface area contributed by atoms with Crippen molar-refractivity contribution >= 4 is 23.4 Å². The summed E-state index contributed by atoms with van der Waals surface area (Å²) in [5.41, 5.74) is 1.75. The van der Waals surface area contributed by atoms with E-state index < -0.39 is 12.1 Å². The second-order valence-electron chi connectivity index (χ2n) is 8.00. The van der Waals surface area contributed by atoms with E-state index in [9.17, 15) is 14.7 Å². The van der Waals surface area contributed by atoms with Gasteiger partial charge in [-0.05, 0) is 43.6 Å². The molecule has 0 radical (unpaired) electrons. The maximum Gasteiger partial charge on any atom is 0.303 e. The molecule has 1 fully saturated rings. The number of hydrogen-bond acceptors (Lipinski definition) is 3. The third kappa shape index (κ3) is 7.27. The van der Waals surface area contributed by atoms with Gasteiger partial charge in [0.15, 0.2) is 5.78 Å². The van der Waals surface area contributed by atoms with E-state index in [2.05, 4.69) is 13.0 Å². The van der Waals surface area contributed by atoms with Crippen LogP contribution in [0.5, 0.6) is 0 Å². The number of carbonyl (C=O) groups is 2. The highest BCUT2D eigenvalue weighted by atomic mass is 35.5. The number of alkyl halides is 1. The molecule has 5 heteroatoms. The quantitative estimate of drug-likeness (QED) is 0.196. The number of rotatable bonds is 12. The summed E-state index contributed by atoms with van der Waals surface area (Å²) in [5.74, 6) is -0.530. The van der Waals surface area contributed by atoms with Gasteiger partial charge in [-0.15, -0.1) is 11.6 Å². The van der Waals surface area contributed by atoms with E-state index in [0.29, 0.717) is 19.3 Å². The van der Waals surface area contributed by atoms with Gasteiger partial charge in [0, 0.05) is 29.7 Å². The third-order valence-electron chi connectivity index (χ3n) is 5.77. The fourth-order valence-corrected chi connectivity index (χ4v) is 4.58. The molecule has 4 nitrogen and oxygen atoms in total. The van der Waals surface area contributed by atoms with Crippen molar-refractivity contribution in [2.75, 3.05) is 0 Å². The lowest BCUT2D eigenvalue weighted by Gasteiger charge is -2.23. The summed E-state index contributed by atoms with van der Waals surface area (Å²) in [6, 6.07) is 7.66. The molecule has 160 valence electrons. The number of carboxylic acid groups (broad SMARTS) is 1. The van der Waals surface area contributed by atoms with Crippen LogP contribution >= 0.6 is 11.6 Å². The summed E-state index contributed by atoms with van der Waals surface area (Å²) in [6.07, 6.45) is 10.1. The van der Waals surface area contributed by atoms with E-state index in [0.717, 1.165) is 43.2 Å². The predicted molar refractivity (Wildman–Crippen MR) is 117 cm³/mol. The SMILES string of the molecule is CCCCCC(=O)c1ccc(C2C(C/C=C\CCCC(=O)O)C(Cl)C[C@H]2O)cc1.